The van der Waals surface area contributed by atoms with Gasteiger partial charge in [0.2, 0.25) is 5.91 Å². The van der Waals surface area contributed by atoms with Crippen molar-refractivity contribution in [2.75, 3.05) is 6.54 Å². The summed E-state index contributed by atoms with van der Waals surface area (Å²) in [5.74, 6) is 0.559. The van der Waals surface area contributed by atoms with E-state index in [2.05, 4.69) is 32.2 Å². The minimum Gasteiger partial charge on any atom is -0.352 e. The minimum absolute atomic E-state index is 0.00731. The van der Waals surface area contributed by atoms with E-state index >= 15 is 0 Å². The fourth-order valence-electron chi connectivity index (χ4n) is 1.66. The van der Waals surface area contributed by atoms with Gasteiger partial charge in [0, 0.05) is 12.6 Å². The van der Waals surface area contributed by atoms with Gasteiger partial charge in [0.15, 0.2) is 0 Å². The highest BCUT2D eigenvalue weighted by Gasteiger charge is 1.99. The Bertz CT molecular complexity index is 268. The van der Waals surface area contributed by atoms with Gasteiger partial charge in [-0.3, -0.25) is 4.79 Å². The quantitative estimate of drug-likeness (QED) is 0.329. The Balaban J connectivity index is 3.52. The van der Waals surface area contributed by atoms with Crippen LogP contribution < -0.4 is 5.32 Å². The number of unbranched alkanes of at least 4 members (excludes halogenated alkanes) is 5. The van der Waals surface area contributed by atoms with Crippen molar-refractivity contribution >= 4 is 5.91 Å². The standard InChI is InChI=1S/C17H31NO/c1-4-6-7-8-9-10-11-12-13-14-17(19)18-15-16(3)5-2/h11-14,16H,4-10,15H2,1-3H3,(H,18,19)/b12-11+,14-13+/t16-/m1/s1. The number of nitrogens with one attached hydrogen (secondary N) is 1. The summed E-state index contributed by atoms with van der Waals surface area (Å²) in [7, 11) is 0. The molecule has 2 nitrogen and oxygen atoms in total. The molecule has 0 rings (SSSR count). The highest BCUT2D eigenvalue weighted by molar-refractivity contribution is 5.87. The van der Waals surface area contributed by atoms with Crippen LogP contribution in [0.5, 0.6) is 0 Å². The molecular formula is C17H31NO. The maximum absolute atomic E-state index is 11.4. The van der Waals surface area contributed by atoms with Crippen LogP contribution in [0.2, 0.25) is 0 Å². The second-order valence-corrected chi connectivity index (χ2v) is 5.25. The lowest BCUT2D eigenvalue weighted by Gasteiger charge is -2.07. The molecule has 1 atom stereocenters. The van der Waals surface area contributed by atoms with Gasteiger partial charge in [-0.25, -0.2) is 0 Å². The van der Waals surface area contributed by atoms with Crippen LogP contribution in [0, 0.1) is 5.92 Å². The van der Waals surface area contributed by atoms with E-state index in [9.17, 15) is 4.79 Å². The maximum Gasteiger partial charge on any atom is 0.243 e. The van der Waals surface area contributed by atoms with E-state index < -0.39 is 0 Å². The first-order valence-corrected chi connectivity index (χ1v) is 7.81. The Kier molecular flexibility index (Phi) is 12.6. The molecule has 0 aliphatic heterocycles. The third-order valence-electron chi connectivity index (χ3n) is 3.29. The summed E-state index contributed by atoms with van der Waals surface area (Å²) >= 11 is 0. The molecule has 2 heteroatoms. The molecular weight excluding hydrogens is 234 g/mol. The monoisotopic (exact) mass is 265 g/mol. The number of allylic oxidation sites excluding steroid dienone is 3. The van der Waals surface area contributed by atoms with E-state index in [4.69, 9.17) is 0 Å². The Morgan fingerprint density at radius 1 is 1.11 bits per heavy atom. The number of carbonyl (C=O) groups excluding carboxylic acids is 1. The van der Waals surface area contributed by atoms with Crippen LogP contribution in [0.4, 0.5) is 0 Å². The second kappa shape index (κ2) is 13.4. The SMILES string of the molecule is CCCCCCC/C=C/C=C/C(=O)NC[C@H](C)CC. The molecule has 110 valence electrons. The Hall–Kier alpha value is -1.05. The first kappa shape index (κ1) is 17.9. The fourth-order valence-corrected chi connectivity index (χ4v) is 1.66. The Morgan fingerprint density at radius 2 is 1.84 bits per heavy atom. The van der Waals surface area contributed by atoms with Gasteiger partial charge in [-0.15, -0.1) is 0 Å². The molecule has 0 saturated carbocycles. The molecule has 0 spiro atoms. The maximum atomic E-state index is 11.4. The molecule has 0 aromatic carbocycles. The number of hydrogen-bond acceptors (Lipinski definition) is 1. The molecule has 1 N–H and O–H groups in total. The first-order valence-electron chi connectivity index (χ1n) is 7.81. The number of hydrogen-bond donors (Lipinski definition) is 1. The van der Waals surface area contributed by atoms with Gasteiger partial charge in [-0.2, -0.15) is 0 Å². The third kappa shape index (κ3) is 13.2. The van der Waals surface area contributed by atoms with Gasteiger partial charge in [0.1, 0.15) is 0 Å². The van der Waals surface area contributed by atoms with Crippen LogP contribution in [-0.4, -0.2) is 12.5 Å². The molecule has 0 aromatic rings. The zero-order valence-corrected chi connectivity index (χ0v) is 13.0. The van der Waals surface area contributed by atoms with Crippen LogP contribution in [0.3, 0.4) is 0 Å². The normalized spacial score (nSPS) is 13.2. The molecule has 0 heterocycles. The molecule has 0 aliphatic rings. The summed E-state index contributed by atoms with van der Waals surface area (Å²) in [5, 5.41) is 2.90. The summed E-state index contributed by atoms with van der Waals surface area (Å²) in [6.45, 7) is 7.27. The lowest BCUT2D eigenvalue weighted by Crippen LogP contribution is -2.26. The van der Waals surface area contributed by atoms with Crippen LogP contribution >= 0.6 is 0 Å². The molecule has 0 aromatic heterocycles. The van der Waals surface area contributed by atoms with Crippen molar-refractivity contribution < 1.29 is 4.79 Å². The fraction of sp³-hybridized carbons (Fsp3) is 0.706. The first-order chi connectivity index (χ1) is 9.20. The van der Waals surface area contributed by atoms with Crippen LogP contribution in [0.25, 0.3) is 0 Å². The summed E-state index contributed by atoms with van der Waals surface area (Å²) in [6, 6.07) is 0. The number of carbonyl (C=O) groups is 1. The van der Waals surface area contributed by atoms with Gasteiger partial charge >= 0.3 is 0 Å². The summed E-state index contributed by atoms with van der Waals surface area (Å²) < 4.78 is 0. The molecule has 1 amide bonds. The zero-order chi connectivity index (χ0) is 14.3. The van der Waals surface area contributed by atoms with Crippen molar-refractivity contribution in [1.82, 2.24) is 5.32 Å². The predicted molar refractivity (Wildman–Crippen MR) is 84.1 cm³/mol. The van der Waals surface area contributed by atoms with Gasteiger partial charge in [0.25, 0.3) is 0 Å². The van der Waals surface area contributed by atoms with Crippen molar-refractivity contribution in [3.8, 4) is 0 Å². The van der Waals surface area contributed by atoms with E-state index in [1.165, 1.54) is 32.1 Å². The average molecular weight is 265 g/mol. The molecule has 0 radical (unpaired) electrons. The van der Waals surface area contributed by atoms with Crippen LogP contribution in [0.15, 0.2) is 24.3 Å². The molecule has 0 unspecified atom stereocenters. The average Bonchev–Trinajstić information content (AvgIpc) is 2.42. The Labute approximate surface area is 119 Å². The summed E-state index contributed by atoms with van der Waals surface area (Å²) in [6.07, 6.45) is 16.3. The predicted octanol–water partition coefficient (Wildman–Crippen LogP) is 4.62. The van der Waals surface area contributed by atoms with Gasteiger partial charge in [-0.05, 0) is 18.8 Å². The van der Waals surface area contributed by atoms with Crippen LogP contribution in [0.1, 0.15) is 65.7 Å². The van der Waals surface area contributed by atoms with E-state index in [0.717, 1.165) is 19.4 Å². The van der Waals surface area contributed by atoms with Crippen molar-refractivity contribution in [1.29, 1.82) is 0 Å². The van der Waals surface area contributed by atoms with Gasteiger partial charge in [-0.1, -0.05) is 71.1 Å². The number of amides is 1. The molecule has 0 saturated heterocycles. The lowest BCUT2D eigenvalue weighted by atomic mass is 10.1. The molecule has 0 aliphatic carbocycles. The Morgan fingerprint density at radius 3 is 2.53 bits per heavy atom. The van der Waals surface area contributed by atoms with E-state index in [0.29, 0.717) is 5.92 Å². The third-order valence-corrected chi connectivity index (χ3v) is 3.29. The summed E-state index contributed by atoms with van der Waals surface area (Å²) in [4.78, 5) is 11.4. The lowest BCUT2D eigenvalue weighted by molar-refractivity contribution is -0.116. The van der Waals surface area contributed by atoms with Gasteiger partial charge in [0.05, 0.1) is 0 Å². The van der Waals surface area contributed by atoms with Crippen LogP contribution in [-0.2, 0) is 4.79 Å². The zero-order valence-electron chi connectivity index (χ0n) is 13.0. The van der Waals surface area contributed by atoms with E-state index in [1.807, 2.05) is 12.2 Å². The van der Waals surface area contributed by atoms with Gasteiger partial charge < -0.3 is 5.32 Å². The van der Waals surface area contributed by atoms with E-state index in [1.54, 1.807) is 6.08 Å². The molecule has 19 heavy (non-hydrogen) atoms. The molecule has 0 fully saturated rings. The molecule has 0 bridgehead atoms. The van der Waals surface area contributed by atoms with Crippen molar-refractivity contribution in [2.24, 2.45) is 5.92 Å². The summed E-state index contributed by atoms with van der Waals surface area (Å²) in [5.41, 5.74) is 0. The van der Waals surface area contributed by atoms with Crippen molar-refractivity contribution in [3.63, 3.8) is 0 Å². The highest BCUT2D eigenvalue weighted by Crippen LogP contribution is 2.05. The van der Waals surface area contributed by atoms with Crippen molar-refractivity contribution in [2.45, 2.75) is 65.7 Å². The number of rotatable bonds is 11. The minimum atomic E-state index is 0.00731. The van der Waals surface area contributed by atoms with Crippen molar-refractivity contribution in [3.05, 3.63) is 24.3 Å². The van der Waals surface area contributed by atoms with E-state index in [-0.39, 0.29) is 5.91 Å². The topological polar surface area (TPSA) is 29.1 Å². The largest absolute Gasteiger partial charge is 0.352 e. The smallest absolute Gasteiger partial charge is 0.243 e. The second-order valence-electron chi connectivity index (χ2n) is 5.25. The highest BCUT2D eigenvalue weighted by atomic mass is 16.1.